The number of carbonyl (C=O) groups excluding carboxylic acids is 3. The maximum absolute atomic E-state index is 12.8. The monoisotopic (exact) mass is 490 g/mol. The molecule has 2 aromatic rings. The van der Waals surface area contributed by atoms with Gasteiger partial charge in [-0.2, -0.15) is 0 Å². The van der Waals surface area contributed by atoms with Crippen LogP contribution in [0.5, 0.6) is 17.2 Å². The van der Waals surface area contributed by atoms with Crippen LogP contribution >= 0.6 is 23.4 Å². The summed E-state index contributed by atoms with van der Waals surface area (Å²) < 4.78 is 16.1. The van der Waals surface area contributed by atoms with Crippen molar-refractivity contribution >= 4 is 52.2 Å². The Bertz CT molecular complexity index is 1100. The van der Waals surface area contributed by atoms with Gasteiger partial charge < -0.3 is 19.5 Å². The lowest BCUT2D eigenvalue weighted by molar-refractivity contribution is -0.127. The van der Waals surface area contributed by atoms with Gasteiger partial charge in [-0.3, -0.25) is 19.3 Å². The van der Waals surface area contributed by atoms with Gasteiger partial charge in [0.2, 0.25) is 5.91 Å². The Hall–Kier alpha value is -3.17. The highest BCUT2D eigenvalue weighted by molar-refractivity contribution is 8.18. The van der Waals surface area contributed by atoms with E-state index in [-0.39, 0.29) is 11.0 Å². The summed E-state index contributed by atoms with van der Waals surface area (Å²) in [5.74, 6) is 0.385. The molecule has 0 saturated carbocycles. The van der Waals surface area contributed by atoms with Crippen LogP contribution in [-0.4, -0.2) is 48.8 Å². The predicted molar refractivity (Wildman–Crippen MR) is 128 cm³/mol. The minimum Gasteiger partial charge on any atom is -0.497 e. The molecule has 1 saturated heterocycles. The van der Waals surface area contributed by atoms with Crippen LogP contribution < -0.4 is 19.5 Å². The van der Waals surface area contributed by atoms with Crippen molar-refractivity contribution < 1.29 is 28.6 Å². The van der Waals surface area contributed by atoms with Crippen LogP contribution in [0.25, 0.3) is 6.08 Å². The van der Waals surface area contributed by atoms with Crippen molar-refractivity contribution in [3.8, 4) is 17.2 Å². The summed E-state index contributed by atoms with van der Waals surface area (Å²) in [6.07, 6.45) is 1.42. The number of benzene rings is 2. The Morgan fingerprint density at radius 1 is 1.15 bits per heavy atom. The van der Waals surface area contributed by atoms with Crippen LogP contribution in [0, 0.1) is 0 Å². The lowest BCUT2D eigenvalue weighted by Crippen LogP contribution is -2.36. The molecular formula is C23H23ClN2O6S. The van der Waals surface area contributed by atoms with E-state index in [2.05, 4.69) is 5.32 Å². The second-order valence-electron chi connectivity index (χ2n) is 7.25. The van der Waals surface area contributed by atoms with Gasteiger partial charge in [-0.05, 0) is 73.6 Å². The number of amides is 3. The minimum absolute atomic E-state index is 0.109. The van der Waals surface area contributed by atoms with E-state index in [4.69, 9.17) is 25.8 Å². The Morgan fingerprint density at radius 3 is 2.45 bits per heavy atom. The highest BCUT2D eigenvalue weighted by Crippen LogP contribution is 2.39. The molecule has 0 aromatic heterocycles. The first-order valence-corrected chi connectivity index (χ1v) is 11.1. The average molecular weight is 491 g/mol. The first kappa shape index (κ1) is 24.5. The van der Waals surface area contributed by atoms with E-state index in [1.807, 2.05) is 13.8 Å². The molecule has 174 valence electrons. The number of anilines is 1. The maximum atomic E-state index is 12.8. The van der Waals surface area contributed by atoms with Crippen LogP contribution in [0.1, 0.15) is 19.4 Å². The molecule has 2 aromatic carbocycles. The van der Waals surface area contributed by atoms with Crippen molar-refractivity contribution in [3.05, 3.63) is 51.9 Å². The van der Waals surface area contributed by atoms with E-state index in [9.17, 15) is 14.4 Å². The highest BCUT2D eigenvalue weighted by Gasteiger charge is 2.36. The van der Waals surface area contributed by atoms with E-state index < -0.39 is 23.6 Å². The van der Waals surface area contributed by atoms with Gasteiger partial charge in [0, 0.05) is 5.69 Å². The highest BCUT2D eigenvalue weighted by atomic mass is 35.5. The fourth-order valence-corrected chi connectivity index (χ4v) is 4.08. The van der Waals surface area contributed by atoms with Gasteiger partial charge in [0.15, 0.2) is 11.5 Å². The van der Waals surface area contributed by atoms with Crippen molar-refractivity contribution in [2.45, 2.75) is 20.0 Å². The summed E-state index contributed by atoms with van der Waals surface area (Å²) in [7, 11) is 3.02. The predicted octanol–water partition coefficient (Wildman–Crippen LogP) is 4.82. The van der Waals surface area contributed by atoms with Gasteiger partial charge in [0.25, 0.3) is 11.1 Å². The largest absolute Gasteiger partial charge is 0.497 e. The Kier molecular flexibility index (Phi) is 7.88. The third kappa shape index (κ3) is 6.00. The number of halogens is 1. The molecule has 0 radical (unpaired) electrons. The second-order valence-corrected chi connectivity index (χ2v) is 8.65. The molecule has 3 rings (SSSR count). The van der Waals surface area contributed by atoms with Crippen molar-refractivity contribution in [3.63, 3.8) is 0 Å². The average Bonchev–Trinajstić information content (AvgIpc) is 3.03. The fraction of sp³-hybridized carbons (Fsp3) is 0.261. The number of hydrogen-bond donors (Lipinski definition) is 1. The number of nitrogens with zero attached hydrogens (tertiary/aromatic N) is 1. The van der Waals surface area contributed by atoms with Gasteiger partial charge in [-0.25, -0.2) is 0 Å². The van der Waals surface area contributed by atoms with Crippen LogP contribution in [0.2, 0.25) is 5.02 Å². The quantitative estimate of drug-likeness (QED) is 0.530. The molecule has 0 spiro atoms. The molecule has 0 unspecified atom stereocenters. The van der Waals surface area contributed by atoms with Gasteiger partial charge >= 0.3 is 0 Å². The van der Waals surface area contributed by atoms with Crippen molar-refractivity contribution in [1.82, 2.24) is 4.90 Å². The first-order chi connectivity index (χ1) is 15.7. The van der Waals surface area contributed by atoms with Gasteiger partial charge in [-0.15, -0.1) is 0 Å². The smallest absolute Gasteiger partial charge is 0.294 e. The fourth-order valence-electron chi connectivity index (χ4n) is 2.98. The normalized spacial score (nSPS) is 14.7. The van der Waals surface area contributed by atoms with E-state index in [0.29, 0.717) is 33.5 Å². The minimum atomic E-state index is -0.563. The molecule has 1 aliphatic heterocycles. The molecule has 1 aliphatic rings. The Morgan fingerprint density at radius 2 is 1.85 bits per heavy atom. The summed E-state index contributed by atoms with van der Waals surface area (Å²) in [5, 5.41) is 2.43. The standard InChI is InChI=1S/C23H23ClN2O6S/c1-13(2)32-21-17(24)9-14(10-18(21)31-4)11-19-22(28)26(23(29)33-19)12-20(27)25-15-5-7-16(30-3)8-6-15/h5-11,13H,12H2,1-4H3,(H,25,27)/b19-11+. The second kappa shape index (κ2) is 10.6. The van der Waals surface area contributed by atoms with Gasteiger partial charge in [0.05, 0.1) is 30.3 Å². The van der Waals surface area contributed by atoms with E-state index in [1.165, 1.54) is 13.2 Å². The molecular weight excluding hydrogens is 468 g/mol. The van der Waals surface area contributed by atoms with E-state index in [0.717, 1.165) is 16.7 Å². The Labute approximate surface area is 200 Å². The topological polar surface area (TPSA) is 94.2 Å². The third-order valence-electron chi connectivity index (χ3n) is 4.45. The van der Waals surface area contributed by atoms with Crippen LogP contribution in [0.4, 0.5) is 10.5 Å². The molecule has 1 heterocycles. The van der Waals surface area contributed by atoms with E-state index in [1.54, 1.807) is 43.5 Å². The molecule has 1 fully saturated rings. The molecule has 0 bridgehead atoms. The number of imide groups is 1. The van der Waals surface area contributed by atoms with Crippen molar-refractivity contribution in [1.29, 1.82) is 0 Å². The van der Waals surface area contributed by atoms with Crippen LogP contribution in [-0.2, 0) is 9.59 Å². The maximum Gasteiger partial charge on any atom is 0.294 e. The van der Waals surface area contributed by atoms with Crippen molar-refractivity contribution in [2.75, 3.05) is 26.1 Å². The summed E-state index contributed by atoms with van der Waals surface area (Å²) >= 11 is 7.09. The molecule has 8 nitrogen and oxygen atoms in total. The number of hydrogen-bond acceptors (Lipinski definition) is 7. The summed E-state index contributed by atoms with van der Waals surface area (Å²) in [4.78, 5) is 38.6. The SMILES string of the molecule is COc1ccc(NC(=O)CN2C(=O)S/C(=C/c3cc(Cl)c(OC(C)C)c(OC)c3)C2=O)cc1. The van der Waals surface area contributed by atoms with Gasteiger partial charge in [-0.1, -0.05) is 11.6 Å². The number of nitrogens with one attached hydrogen (secondary N) is 1. The number of thioether (sulfide) groups is 1. The Balaban J connectivity index is 1.73. The number of rotatable bonds is 8. The molecule has 0 aliphatic carbocycles. The lowest BCUT2D eigenvalue weighted by Gasteiger charge is -2.15. The zero-order valence-electron chi connectivity index (χ0n) is 18.5. The summed E-state index contributed by atoms with van der Waals surface area (Å²) in [6, 6.07) is 9.98. The molecule has 33 heavy (non-hydrogen) atoms. The van der Waals surface area contributed by atoms with E-state index >= 15 is 0 Å². The zero-order chi connectivity index (χ0) is 24.1. The first-order valence-electron chi connectivity index (χ1n) is 9.95. The summed E-state index contributed by atoms with van der Waals surface area (Å²) in [6.45, 7) is 3.33. The lowest BCUT2D eigenvalue weighted by atomic mass is 10.1. The number of carbonyl (C=O) groups is 3. The molecule has 1 N–H and O–H groups in total. The molecule has 10 heteroatoms. The van der Waals surface area contributed by atoms with Gasteiger partial charge in [0.1, 0.15) is 12.3 Å². The molecule has 3 amide bonds. The molecule has 0 atom stereocenters. The zero-order valence-corrected chi connectivity index (χ0v) is 20.1. The van der Waals surface area contributed by atoms with Crippen molar-refractivity contribution in [2.24, 2.45) is 0 Å². The summed E-state index contributed by atoms with van der Waals surface area (Å²) in [5.41, 5.74) is 1.08. The van der Waals surface area contributed by atoms with Crippen LogP contribution in [0.15, 0.2) is 41.3 Å². The number of ether oxygens (including phenoxy) is 3. The van der Waals surface area contributed by atoms with Crippen LogP contribution in [0.3, 0.4) is 0 Å². The number of methoxy groups -OCH3 is 2. The third-order valence-corrected chi connectivity index (χ3v) is 5.64.